The Morgan fingerprint density at radius 3 is 2.13 bits per heavy atom. The van der Waals surface area contributed by atoms with E-state index in [1.807, 2.05) is 53.4 Å². The molecule has 0 radical (unpaired) electrons. The number of rotatable bonds is 9. The predicted molar refractivity (Wildman–Crippen MR) is 115 cm³/mol. The Bertz CT molecular complexity index is 960. The molecular formula is C23H26N2O5. The summed E-state index contributed by atoms with van der Waals surface area (Å²) in [6, 6.07) is 14.8. The SMILES string of the molecule is COc1cccc([C@H](CC(=O)Nc2cc(OC)c(OC)c(OC)c2)n2cccc2)c1. The fourth-order valence-electron chi connectivity index (χ4n) is 3.34. The molecule has 1 N–H and O–H groups in total. The topological polar surface area (TPSA) is 71.0 Å². The van der Waals surface area contributed by atoms with Gasteiger partial charge in [0.15, 0.2) is 11.5 Å². The highest BCUT2D eigenvalue weighted by Crippen LogP contribution is 2.40. The molecule has 0 saturated carbocycles. The molecule has 3 rings (SSSR count). The molecule has 0 aliphatic carbocycles. The van der Waals surface area contributed by atoms with E-state index in [2.05, 4.69) is 5.32 Å². The van der Waals surface area contributed by atoms with Gasteiger partial charge in [0.1, 0.15) is 5.75 Å². The summed E-state index contributed by atoms with van der Waals surface area (Å²) in [7, 11) is 6.23. The lowest BCUT2D eigenvalue weighted by atomic mass is 10.0. The van der Waals surface area contributed by atoms with Crippen LogP contribution >= 0.6 is 0 Å². The number of benzene rings is 2. The minimum absolute atomic E-state index is 0.147. The van der Waals surface area contributed by atoms with Crippen molar-refractivity contribution in [3.05, 3.63) is 66.5 Å². The normalized spacial score (nSPS) is 11.5. The summed E-state index contributed by atoms with van der Waals surface area (Å²) < 4.78 is 23.4. The van der Waals surface area contributed by atoms with Crippen LogP contribution < -0.4 is 24.3 Å². The summed E-state index contributed by atoms with van der Waals surface area (Å²) >= 11 is 0. The van der Waals surface area contributed by atoms with Gasteiger partial charge in [-0.05, 0) is 29.8 Å². The van der Waals surface area contributed by atoms with Crippen molar-refractivity contribution in [1.29, 1.82) is 0 Å². The van der Waals surface area contributed by atoms with E-state index in [4.69, 9.17) is 18.9 Å². The van der Waals surface area contributed by atoms with Gasteiger partial charge in [-0.1, -0.05) is 12.1 Å². The molecule has 0 aliphatic rings. The third-order valence-corrected chi connectivity index (χ3v) is 4.79. The summed E-state index contributed by atoms with van der Waals surface area (Å²) in [6.45, 7) is 0. The van der Waals surface area contributed by atoms with E-state index < -0.39 is 0 Å². The standard InChI is InChI=1S/C23H26N2O5/c1-27-18-9-7-8-16(12-18)19(25-10-5-6-11-25)15-22(26)24-17-13-20(28-2)23(30-4)21(14-17)29-3/h5-14,19H,15H2,1-4H3,(H,24,26)/t19-/m0/s1. The number of hydrogen-bond acceptors (Lipinski definition) is 5. The quantitative estimate of drug-likeness (QED) is 0.574. The van der Waals surface area contributed by atoms with Crippen LogP contribution in [0.5, 0.6) is 23.0 Å². The Morgan fingerprint density at radius 1 is 0.900 bits per heavy atom. The average Bonchev–Trinajstić information content (AvgIpc) is 3.31. The molecule has 1 amide bonds. The molecular weight excluding hydrogens is 384 g/mol. The van der Waals surface area contributed by atoms with Gasteiger partial charge in [-0.3, -0.25) is 4.79 Å². The van der Waals surface area contributed by atoms with Crippen LogP contribution in [0.25, 0.3) is 0 Å². The van der Waals surface area contributed by atoms with E-state index in [1.54, 1.807) is 19.2 Å². The number of aromatic nitrogens is 1. The fourth-order valence-corrected chi connectivity index (χ4v) is 3.34. The second-order valence-electron chi connectivity index (χ2n) is 6.59. The van der Waals surface area contributed by atoms with E-state index in [9.17, 15) is 4.79 Å². The first-order valence-electron chi connectivity index (χ1n) is 9.45. The fraction of sp³-hybridized carbons (Fsp3) is 0.261. The Labute approximate surface area is 176 Å². The molecule has 3 aromatic rings. The van der Waals surface area contributed by atoms with Crippen LogP contribution in [0.1, 0.15) is 18.0 Å². The zero-order chi connectivity index (χ0) is 21.5. The molecule has 0 saturated heterocycles. The molecule has 158 valence electrons. The van der Waals surface area contributed by atoms with Gasteiger partial charge in [-0.25, -0.2) is 0 Å². The summed E-state index contributed by atoms with van der Waals surface area (Å²) in [5.74, 6) is 2.02. The van der Waals surface area contributed by atoms with Crippen LogP contribution in [-0.4, -0.2) is 38.9 Å². The molecule has 2 aromatic carbocycles. The number of carbonyl (C=O) groups is 1. The van der Waals surface area contributed by atoms with Gasteiger partial charge in [0.25, 0.3) is 0 Å². The van der Waals surface area contributed by atoms with Crippen LogP contribution in [-0.2, 0) is 4.79 Å². The number of carbonyl (C=O) groups excluding carboxylic acids is 1. The molecule has 30 heavy (non-hydrogen) atoms. The first-order chi connectivity index (χ1) is 14.6. The van der Waals surface area contributed by atoms with Crippen molar-refractivity contribution in [2.75, 3.05) is 33.8 Å². The minimum Gasteiger partial charge on any atom is -0.497 e. The van der Waals surface area contributed by atoms with Gasteiger partial charge < -0.3 is 28.8 Å². The van der Waals surface area contributed by atoms with Gasteiger partial charge >= 0.3 is 0 Å². The lowest BCUT2D eigenvalue weighted by Gasteiger charge is -2.20. The van der Waals surface area contributed by atoms with Crippen LogP contribution in [0, 0.1) is 0 Å². The number of nitrogens with one attached hydrogen (secondary N) is 1. The zero-order valence-corrected chi connectivity index (χ0v) is 17.5. The maximum Gasteiger partial charge on any atom is 0.226 e. The summed E-state index contributed by atoms with van der Waals surface area (Å²) in [5.41, 5.74) is 1.54. The number of anilines is 1. The number of nitrogens with zero attached hydrogens (tertiary/aromatic N) is 1. The monoisotopic (exact) mass is 410 g/mol. The van der Waals surface area contributed by atoms with E-state index in [0.29, 0.717) is 22.9 Å². The Morgan fingerprint density at radius 2 is 1.57 bits per heavy atom. The highest BCUT2D eigenvalue weighted by atomic mass is 16.5. The highest BCUT2D eigenvalue weighted by Gasteiger charge is 2.20. The van der Waals surface area contributed by atoms with Crippen molar-refractivity contribution in [3.8, 4) is 23.0 Å². The number of amides is 1. The zero-order valence-electron chi connectivity index (χ0n) is 17.5. The van der Waals surface area contributed by atoms with Gasteiger partial charge in [0.05, 0.1) is 40.9 Å². The van der Waals surface area contributed by atoms with Crippen LogP contribution in [0.3, 0.4) is 0 Å². The Hall–Kier alpha value is -3.61. The van der Waals surface area contributed by atoms with Gasteiger partial charge in [-0.15, -0.1) is 0 Å². The Kier molecular flexibility index (Phi) is 6.85. The Balaban J connectivity index is 1.85. The maximum atomic E-state index is 12.9. The highest BCUT2D eigenvalue weighted by molar-refractivity contribution is 5.92. The molecule has 7 nitrogen and oxygen atoms in total. The van der Waals surface area contributed by atoms with Crippen molar-refractivity contribution >= 4 is 11.6 Å². The van der Waals surface area contributed by atoms with E-state index in [-0.39, 0.29) is 18.4 Å². The van der Waals surface area contributed by atoms with Crippen molar-refractivity contribution in [2.24, 2.45) is 0 Å². The second kappa shape index (κ2) is 9.73. The summed E-state index contributed by atoms with van der Waals surface area (Å²) in [4.78, 5) is 12.9. The van der Waals surface area contributed by atoms with E-state index in [1.165, 1.54) is 21.3 Å². The van der Waals surface area contributed by atoms with Crippen molar-refractivity contribution < 1.29 is 23.7 Å². The molecule has 1 atom stereocenters. The van der Waals surface area contributed by atoms with Gasteiger partial charge in [-0.2, -0.15) is 0 Å². The number of ether oxygens (including phenoxy) is 4. The molecule has 0 spiro atoms. The number of hydrogen-bond donors (Lipinski definition) is 1. The van der Waals surface area contributed by atoms with E-state index >= 15 is 0 Å². The molecule has 1 aromatic heterocycles. The largest absolute Gasteiger partial charge is 0.497 e. The lowest BCUT2D eigenvalue weighted by molar-refractivity contribution is -0.116. The molecule has 0 unspecified atom stereocenters. The first-order valence-corrected chi connectivity index (χ1v) is 9.45. The minimum atomic E-state index is -0.183. The summed E-state index contributed by atoms with van der Waals surface area (Å²) in [5, 5.41) is 2.93. The third-order valence-electron chi connectivity index (χ3n) is 4.79. The second-order valence-corrected chi connectivity index (χ2v) is 6.59. The van der Waals surface area contributed by atoms with Crippen LogP contribution in [0.4, 0.5) is 5.69 Å². The predicted octanol–water partition coefficient (Wildman–Crippen LogP) is 4.14. The van der Waals surface area contributed by atoms with Crippen LogP contribution in [0.15, 0.2) is 60.9 Å². The molecule has 0 fully saturated rings. The summed E-state index contributed by atoms with van der Waals surface area (Å²) in [6.07, 6.45) is 4.12. The molecule has 1 heterocycles. The molecule has 0 bridgehead atoms. The van der Waals surface area contributed by atoms with Crippen LogP contribution in [0.2, 0.25) is 0 Å². The van der Waals surface area contributed by atoms with E-state index in [0.717, 1.165) is 11.3 Å². The average molecular weight is 410 g/mol. The molecule has 0 aliphatic heterocycles. The third kappa shape index (κ3) is 4.68. The van der Waals surface area contributed by atoms with Crippen molar-refractivity contribution in [2.45, 2.75) is 12.5 Å². The van der Waals surface area contributed by atoms with Gasteiger partial charge in [0.2, 0.25) is 11.7 Å². The molecule has 7 heteroatoms. The van der Waals surface area contributed by atoms with Crippen molar-refractivity contribution in [1.82, 2.24) is 4.57 Å². The maximum absolute atomic E-state index is 12.9. The lowest BCUT2D eigenvalue weighted by Crippen LogP contribution is -2.19. The van der Waals surface area contributed by atoms with Gasteiger partial charge in [0, 0.05) is 30.2 Å². The van der Waals surface area contributed by atoms with Crippen molar-refractivity contribution in [3.63, 3.8) is 0 Å². The smallest absolute Gasteiger partial charge is 0.226 e. The first kappa shape index (κ1) is 21.1. The number of methoxy groups -OCH3 is 4.